The van der Waals surface area contributed by atoms with Crippen LogP contribution in [-0.4, -0.2) is 39.1 Å². The van der Waals surface area contributed by atoms with E-state index in [1.807, 2.05) is 6.92 Å². The summed E-state index contributed by atoms with van der Waals surface area (Å²) in [5.41, 5.74) is 3.01. The van der Waals surface area contributed by atoms with Crippen LogP contribution >= 0.6 is 0 Å². The molecule has 4 rings (SSSR count). The van der Waals surface area contributed by atoms with E-state index in [0.717, 1.165) is 29.7 Å². The van der Waals surface area contributed by atoms with E-state index in [0.29, 0.717) is 23.7 Å². The third-order valence-corrected chi connectivity index (χ3v) is 5.86. The largest absolute Gasteiger partial charge is 0.497 e. The van der Waals surface area contributed by atoms with Crippen molar-refractivity contribution < 1.29 is 23.5 Å². The first-order valence-corrected chi connectivity index (χ1v) is 10.1. The van der Waals surface area contributed by atoms with Crippen LogP contribution in [0.3, 0.4) is 0 Å². The van der Waals surface area contributed by atoms with Crippen molar-refractivity contribution in [3.05, 3.63) is 47.3 Å². The first-order valence-electron chi connectivity index (χ1n) is 10.1. The highest BCUT2D eigenvalue weighted by molar-refractivity contribution is 6.05. The number of hydrogen-bond donors (Lipinski definition) is 0. The SMILES string of the molecule is COc1ccc(N2CC(C(=O)N3CCCc4cc(F)cc(C)c43)CC2=O)c(OC)c1. The van der Waals surface area contributed by atoms with Crippen LogP contribution in [0.2, 0.25) is 0 Å². The van der Waals surface area contributed by atoms with Gasteiger partial charge < -0.3 is 19.3 Å². The maximum atomic E-state index is 13.8. The van der Waals surface area contributed by atoms with Gasteiger partial charge in [0, 0.05) is 31.3 Å². The Labute approximate surface area is 175 Å². The summed E-state index contributed by atoms with van der Waals surface area (Å²) < 4.78 is 24.5. The molecule has 0 radical (unpaired) electrons. The van der Waals surface area contributed by atoms with Gasteiger partial charge in [-0.1, -0.05) is 0 Å². The van der Waals surface area contributed by atoms with Crippen molar-refractivity contribution in [3.8, 4) is 11.5 Å². The summed E-state index contributed by atoms with van der Waals surface area (Å²) in [6, 6.07) is 8.22. The highest BCUT2D eigenvalue weighted by Gasteiger charge is 2.39. The van der Waals surface area contributed by atoms with Crippen LogP contribution in [-0.2, 0) is 16.0 Å². The van der Waals surface area contributed by atoms with Gasteiger partial charge in [0.1, 0.15) is 17.3 Å². The molecule has 1 unspecified atom stereocenters. The first-order chi connectivity index (χ1) is 14.4. The molecule has 1 atom stereocenters. The number of halogens is 1. The number of ether oxygens (including phenoxy) is 2. The smallest absolute Gasteiger partial charge is 0.232 e. The fourth-order valence-electron chi connectivity index (χ4n) is 4.48. The van der Waals surface area contributed by atoms with Crippen molar-refractivity contribution >= 4 is 23.2 Å². The van der Waals surface area contributed by atoms with E-state index in [1.54, 1.807) is 35.1 Å². The number of anilines is 2. The Balaban J connectivity index is 1.60. The summed E-state index contributed by atoms with van der Waals surface area (Å²) >= 11 is 0. The Morgan fingerprint density at radius 2 is 1.97 bits per heavy atom. The minimum atomic E-state index is -0.459. The fraction of sp³-hybridized carbons (Fsp3) is 0.391. The molecule has 30 heavy (non-hydrogen) atoms. The quantitative estimate of drug-likeness (QED) is 0.772. The molecule has 2 heterocycles. The topological polar surface area (TPSA) is 59.1 Å². The molecule has 6 nitrogen and oxygen atoms in total. The van der Waals surface area contributed by atoms with Crippen molar-refractivity contribution in [3.63, 3.8) is 0 Å². The number of carbonyl (C=O) groups is 2. The second-order valence-corrected chi connectivity index (χ2v) is 7.77. The predicted molar refractivity (Wildman–Crippen MR) is 112 cm³/mol. The van der Waals surface area contributed by atoms with Gasteiger partial charge in [-0.3, -0.25) is 9.59 Å². The molecule has 2 aliphatic heterocycles. The second kappa shape index (κ2) is 7.97. The molecule has 2 aromatic carbocycles. The third-order valence-electron chi connectivity index (χ3n) is 5.86. The zero-order valence-corrected chi connectivity index (χ0v) is 17.4. The van der Waals surface area contributed by atoms with E-state index >= 15 is 0 Å². The number of hydrogen-bond acceptors (Lipinski definition) is 4. The number of methoxy groups -OCH3 is 2. The molecule has 0 saturated carbocycles. The lowest BCUT2D eigenvalue weighted by atomic mass is 9.96. The average Bonchev–Trinajstić information content (AvgIpc) is 3.13. The van der Waals surface area contributed by atoms with Crippen molar-refractivity contribution in [2.24, 2.45) is 5.92 Å². The van der Waals surface area contributed by atoms with E-state index in [1.165, 1.54) is 19.2 Å². The van der Waals surface area contributed by atoms with E-state index < -0.39 is 5.92 Å². The van der Waals surface area contributed by atoms with Crippen molar-refractivity contribution in [2.75, 3.05) is 37.1 Å². The maximum absolute atomic E-state index is 13.8. The van der Waals surface area contributed by atoms with Crippen LogP contribution in [0, 0.1) is 18.7 Å². The molecule has 7 heteroatoms. The van der Waals surface area contributed by atoms with Gasteiger partial charge in [0.25, 0.3) is 0 Å². The summed E-state index contributed by atoms with van der Waals surface area (Å²) in [5, 5.41) is 0. The Morgan fingerprint density at radius 1 is 1.17 bits per heavy atom. The number of amides is 2. The van der Waals surface area contributed by atoms with Crippen molar-refractivity contribution in [1.29, 1.82) is 0 Å². The molecular weight excluding hydrogens is 387 g/mol. The Bertz CT molecular complexity index is 1010. The van der Waals surface area contributed by atoms with Gasteiger partial charge >= 0.3 is 0 Å². The standard InChI is InChI=1S/C23H25FN2O4/c1-14-9-17(24)10-15-5-4-8-25(22(14)15)23(28)16-11-21(27)26(13-16)19-7-6-18(29-2)12-20(19)30-3/h6-7,9-10,12,16H,4-5,8,11,13H2,1-3H3. The van der Waals surface area contributed by atoms with Crippen LogP contribution in [0.5, 0.6) is 11.5 Å². The number of benzene rings is 2. The van der Waals surface area contributed by atoms with Gasteiger partial charge in [-0.15, -0.1) is 0 Å². The summed E-state index contributed by atoms with van der Waals surface area (Å²) in [6.45, 7) is 2.68. The van der Waals surface area contributed by atoms with Gasteiger partial charge in [0.05, 0.1) is 25.8 Å². The summed E-state index contributed by atoms with van der Waals surface area (Å²) in [5.74, 6) is 0.195. The monoisotopic (exact) mass is 412 g/mol. The molecule has 0 bridgehead atoms. The van der Waals surface area contributed by atoms with Gasteiger partial charge in [-0.05, 0) is 55.2 Å². The number of fused-ring (bicyclic) bond motifs is 1. The molecule has 158 valence electrons. The summed E-state index contributed by atoms with van der Waals surface area (Å²) in [4.78, 5) is 29.5. The van der Waals surface area contributed by atoms with Crippen molar-refractivity contribution in [2.45, 2.75) is 26.2 Å². The lowest BCUT2D eigenvalue weighted by Crippen LogP contribution is -2.41. The maximum Gasteiger partial charge on any atom is 0.232 e. The van der Waals surface area contributed by atoms with Gasteiger partial charge in [0.2, 0.25) is 11.8 Å². The molecular formula is C23H25FN2O4. The van der Waals surface area contributed by atoms with E-state index in [2.05, 4.69) is 0 Å². The Kier molecular flexibility index (Phi) is 5.37. The van der Waals surface area contributed by atoms with E-state index in [4.69, 9.17) is 9.47 Å². The third kappa shape index (κ3) is 3.49. The van der Waals surface area contributed by atoms with Crippen LogP contribution in [0.15, 0.2) is 30.3 Å². The molecule has 0 N–H and O–H groups in total. The number of carbonyl (C=O) groups excluding carboxylic acids is 2. The minimum Gasteiger partial charge on any atom is -0.497 e. The van der Waals surface area contributed by atoms with E-state index in [9.17, 15) is 14.0 Å². The zero-order valence-electron chi connectivity index (χ0n) is 17.4. The van der Waals surface area contributed by atoms with Crippen LogP contribution in [0.1, 0.15) is 24.0 Å². The predicted octanol–water partition coefficient (Wildman–Crippen LogP) is 3.48. The summed E-state index contributed by atoms with van der Waals surface area (Å²) in [7, 11) is 3.10. The van der Waals surface area contributed by atoms with Crippen LogP contribution < -0.4 is 19.3 Å². The Morgan fingerprint density at radius 3 is 2.70 bits per heavy atom. The lowest BCUT2D eigenvalue weighted by Gasteiger charge is -2.33. The number of aryl methyl sites for hydroxylation is 2. The average molecular weight is 412 g/mol. The van der Waals surface area contributed by atoms with Crippen LogP contribution in [0.25, 0.3) is 0 Å². The molecule has 2 aromatic rings. The molecule has 0 spiro atoms. The molecule has 0 aliphatic carbocycles. The normalized spacial score (nSPS) is 18.4. The number of rotatable bonds is 4. The van der Waals surface area contributed by atoms with Gasteiger partial charge in [0.15, 0.2) is 0 Å². The van der Waals surface area contributed by atoms with Gasteiger partial charge in [-0.25, -0.2) is 4.39 Å². The van der Waals surface area contributed by atoms with Crippen LogP contribution in [0.4, 0.5) is 15.8 Å². The molecule has 2 amide bonds. The zero-order chi connectivity index (χ0) is 21.4. The second-order valence-electron chi connectivity index (χ2n) is 7.77. The minimum absolute atomic E-state index is 0.0889. The van der Waals surface area contributed by atoms with Gasteiger partial charge in [-0.2, -0.15) is 0 Å². The highest BCUT2D eigenvalue weighted by Crippen LogP contribution is 2.38. The summed E-state index contributed by atoms with van der Waals surface area (Å²) in [6.07, 6.45) is 1.66. The van der Waals surface area contributed by atoms with E-state index in [-0.39, 0.29) is 30.6 Å². The molecule has 1 fully saturated rings. The van der Waals surface area contributed by atoms with Crippen molar-refractivity contribution in [1.82, 2.24) is 0 Å². The lowest BCUT2D eigenvalue weighted by molar-refractivity contribution is -0.124. The first kappa shape index (κ1) is 20.2. The molecule has 0 aromatic heterocycles. The molecule has 2 aliphatic rings. The highest BCUT2D eigenvalue weighted by atomic mass is 19.1. The number of nitrogens with zero attached hydrogens (tertiary/aromatic N) is 2. The Hall–Kier alpha value is -3.09. The fourth-order valence-corrected chi connectivity index (χ4v) is 4.48. The molecule has 1 saturated heterocycles.